The first-order chi connectivity index (χ1) is 12.1. The molecule has 3 aromatic rings. The Balaban J connectivity index is 1.69. The molecule has 5 heteroatoms. The second kappa shape index (κ2) is 7.40. The van der Waals surface area contributed by atoms with Crippen molar-refractivity contribution in [1.82, 2.24) is 0 Å². The first-order valence-electron chi connectivity index (χ1n) is 7.60. The van der Waals surface area contributed by atoms with Gasteiger partial charge in [-0.2, -0.15) is 0 Å². The van der Waals surface area contributed by atoms with Crippen LogP contribution in [-0.2, 0) is 4.84 Å². The second-order valence-electron chi connectivity index (χ2n) is 5.31. The van der Waals surface area contributed by atoms with Crippen molar-refractivity contribution in [1.29, 1.82) is 0 Å². The van der Waals surface area contributed by atoms with Crippen LogP contribution in [0.4, 0.5) is 4.39 Å². The Morgan fingerprint density at radius 2 is 1.36 bits per heavy atom. The Bertz CT molecular complexity index is 889. The molecule has 0 atom stereocenters. The van der Waals surface area contributed by atoms with Gasteiger partial charge in [-0.25, -0.2) is 9.18 Å². The van der Waals surface area contributed by atoms with Crippen molar-refractivity contribution in [3.8, 4) is 11.1 Å². The number of rotatable bonds is 4. The Kier molecular flexibility index (Phi) is 4.85. The van der Waals surface area contributed by atoms with E-state index >= 15 is 0 Å². The molecule has 0 fully saturated rings. The van der Waals surface area contributed by atoms with Crippen LogP contribution in [0.2, 0.25) is 0 Å². The molecule has 0 amide bonds. The van der Waals surface area contributed by atoms with Crippen molar-refractivity contribution in [3.63, 3.8) is 0 Å². The molecule has 4 nitrogen and oxygen atoms in total. The van der Waals surface area contributed by atoms with Crippen molar-refractivity contribution in [2.75, 3.05) is 0 Å². The van der Waals surface area contributed by atoms with Gasteiger partial charge in [0.15, 0.2) is 5.84 Å². The lowest BCUT2D eigenvalue weighted by molar-refractivity contribution is 0.0516. The molecule has 0 saturated carbocycles. The molecular weight excluding hydrogens is 319 g/mol. The lowest BCUT2D eigenvalue weighted by atomic mass is 10.0. The molecule has 0 aliphatic carbocycles. The first-order valence-corrected chi connectivity index (χ1v) is 7.60. The van der Waals surface area contributed by atoms with Crippen molar-refractivity contribution >= 4 is 11.8 Å². The fraction of sp³-hybridized carbons (Fsp3) is 0. The van der Waals surface area contributed by atoms with Gasteiger partial charge in [0.05, 0.1) is 5.56 Å². The zero-order valence-corrected chi connectivity index (χ0v) is 13.2. The van der Waals surface area contributed by atoms with Crippen LogP contribution in [0.5, 0.6) is 0 Å². The zero-order valence-electron chi connectivity index (χ0n) is 13.2. The topological polar surface area (TPSA) is 64.7 Å². The Hall–Kier alpha value is -3.47. The molecule has 0 aliphatic heterocycles. The average Bonchev–Trinajstić information content (AvgIpc) is 2.67. The highest BCUT2D eigenvalue weighted by atomic mass is 19.1. The fourth-order valence-electron chi connectivity index (χ4n) is 2.25. The number of halogens is 1. The van der Waals surface area contributed by atoms with Gasteiger partial charge in [-0.15, -0.1) is 0 Å². The van der Waals surface area contributed by atoms with Crippen LogP contribution in [0.1, 0.15) is 15.9 Å². The summed E-state index contributed by atoms with van der Waals surface area (Å²) in [6, 6.07) is 22.2. The van der Waals surface area contributed by atoms with Crippen molar-refractivity contribution in [2.45, 2.75) is 0 Å². The van der Waals surface area contributed by atoms with Gasteiger partial charge in [0.1, 0.15) is 5.82 Å². The third kappa shape index (κ3) is 4.09. The Labute approximate surface area is 144 Å². The Morgan fingerprint density at radius 1 is 0.800 bits per heavy atom. The minimum Gasteiger partial charge on any atom is -0.380 e. The smallest absolute Gasteiger partial charge is 0.365 e. The molecule has 0 saturated heterocycles. The van der Waals surface area contributed by atoms with E-state index in [-0.39, 0.29) is 11.7 Å². The van der Waals surface area contributed by atoms with E-state index in [4.69, 9.17) is 10.6 Å². The monoisotopic (exact) mass is 334 g/mol. The van der Waals surface area contributed by atoms with Crippen LogP contribution >= 0.6 is 0 Å². The number of carbonyl (C=O) groups is 1. The fourth-order valence-corrected chi connectivity index (χ4v) is 2.25. The molecule has 2 N–H and O–H groups in total. The molecule has 0 aromatic heterocycles. The maximum absolute atomic E-state index is 12.9. The molecular formula is C20H15FN2O2. The van der Waals surface area contributed by atoms with E-state index in [1.54, 1.807) is 12.1 Å². The molecule has 25 heavy (non-hydrogen) atoms. The molecule has 0 unspecified atom stereocenters. The van der Waals surface area contributed by atoms with Crippen LogP contribution in [0.15, 0.2) is 84.0 Å². The van der Waals surface area contributed by atoms with E-state index in [1.807, 2.05) is 42.5 Å². The number of carbonyl (C=O) groups excluding carboxylic acids is 1. The summed E-state index contributed by atoms with van der Waals surface area (Å²) in [5.41, 5.74) is 8.59. The summed E-state index contributed by atoms with van der Waals surface area (Å²) >= 11 is 0. The minimum atomic E-state index is -0.621. The van der Waals surface area contributed by atoms with Crippen molar-refractivity contribution in [3.05, 3.63) is 95.8 Å². The van der Waals surface area contributed by atoms with E-state index in [0.717, 1.165) is 11.1 Å². The van der Waals surface area contributed by atoms with E-state index in [2.05, 4.69) is 5.16 Å². The number of hydrogen-bond acceptors (Lipinski definition) is 3. The van der Waals surface area contributed by atoms with E-state index in [1.165, 1.54) is 24.3 Å². The third-order valence-electron chi connectivity index (χ3n) is 3.59. The van der Waals surface area contributed by atoms with Gasteiger partial charge >= 0.3 is 5.97 Å². The number of nitrogens with two attached hydrogens (primary N) is 1. The lowest BCUT2D eigenvalue weighted by Gasteiger charge is -2.04. The van der Waals surface area contributed by atoms with Gasteiger partial charge in [0, 0.05) is 5.56 Å². The summed E-state index contributed by atoms with van der Waals surface area (Å²) in [4.78, 5) is 16.9. The zero-order chi connectivity index (χ0) is 17.6. The van der Waals surface area contributed by atoms with Crippen LogP contribution in [0, 0.1) is 5.82 Å². The number of oxime groups is 1. The second-order valence-corrected chi connectivity index (χ2v) is 5.31. The molecule has 0 aliphatic rings. The van der Waals surface area contributed by atoms with E-state index < -0.39 is 5.97 Å². The summed E-state index contributed by atoms with van der Waals surface area (Å²) < 4.78 is 12.9. The highest BCUT2D eigenvalue weighted by Crippen LogP contribution is 2.19. The predicted octanol–water partition coefficient (Wildman–Crippen LogP) is 3.97. The van der Waals surface area contributed by atoms with Gasteiger partial charge in [-0.1, -0.05) is 47.6 Å². The summed E-state index contributed by atoms with van der Waals surface area (Å²) in [7, 11) is 0. The summed E-state index contributed by atoms with van der Waals surface area (Å²) in [5.74, 6) is -1.01. The highest BCUT2D eigenvalue weighted by molar-refractivity contribution is 5.98. The number of nitrogens with zero attached hydrogens (tertiary/aromatic N) is 1. The molecule has 124 valence electrons. The molecule has 0 radical (unpaired) electrons. The SMILES string of the molecule is N/C(=N\OC(=O)c1ccc(-c2ccccc2)cc1)c1ccc(F)cc1. The standard InChI is InChI=1S/C20H15FN2O2/c21-18-12-10-16(11-13-18)19(22)23-25-20(24)17-8-6-15(7-9-17)14-4-2-1-3-5-14/h1-13H,(H2,22,23). The van der Waals surface area contributed by atoms with Crippen LogP contribution in [-0.4, -0.2) is 11.8 Å². The van der Waals surface area contributed by atoms with Gasteiger partial charge in [-0.05, 0) is 47.5 Å². The first kappa shape index (κ1) is 16.4. The summed E-state index contributed by atoms with van der Waals surface area (Å²) in [5, 5.41) is 3.60. The number of benzene rings is 3. The lowest BCUT2D eigenvalue weighted by Crippen LogP contribution is -2.15. The number of amidine groups is 1. The third-order valence-corrected chi connectivity index (χ3v) is 3.59. The maximum Gasteiger partial charge on any atom is 0.365 e. The quantitative estimate of drug-likeness (QED) is 0.340. The van der Waals surface area contributed by atoms with Gasteiger partial charge in [0.2, 0.25) is 0 Å². The minimum absolute atomic E-state index is 0.00532. The van der Waals surface area contributed by atoms with E-state index in [9.17, 15) is 9.18 Å². The van der Waals surface area contributed by atoms with Gasteiger partial charge in [0.25, 0.3) is 0 Å². The van der Waals surface area contributed by atoms with Crippen LogP contribution < -0.4 is 5.73 Å². The van der Waals surface area contributed by atoms with Crippen molar-refractivity contribution < 1.29 is 14.0 Å². The van der Waals surface area contributed by atoms with Gasteiger partial charge in [-0.3, -0.25) is 0 Å². The number of hydrogen-bond donors (Lipinski definition) is 1. The maximum atomic E-state index is 12.9. The van der Waals surface area contributed by atoms with Crippen LogP contribution in [0.25, 0.3) is 11.1 Å². The van der Waals surface area contributed by atoms with Gasteiger partial charge < -0.3 is 10.6 Å². The highest BCUT2D eigenvalue weighted by Gasteiger charge is 2.08. The summed E-state index contributed by atoms with van der Waals surface area (Å²) in [6.45, 7) is 0. The Morgan fingerprint density at radius 3 is 2.00 bits per heavy atom. The average molecular weight is 334 g/mol. The molecule has 3 rings (SSSR count). The molecule has 0 bridgehead atoms. The predicted molar refractivity (Wildman–Crippen MR) is 94.4 cm³/mol. The molecule has 0 spiro atoms. The summed E-state index contributed by atoms with van der Waals surface area (Å²) in [6.07, 6.45) is 0. The van der Waals surface area contributed by atoms with Crippen LogP contribution in [0.3, 0.4) is 0 Å². The van der Waals surface area contributed by atoms with Crippen molar-refractivity contribution in [2.24, 2.45) is 10.9 Å². The molecule has 3 aromatic carbocycles. The van der Waals surface area contributed by atoms with E-state index in [0.29, 0.717) is 11.1 Å². The molecule has 0 heterocycles. The normalized spacial score (nSPS) is 11.2. The largest absolute Gasteiger partial charge is 0.380 e.